The van der Waals surface area contributed by atoms with Gasteiger partial charge in [0.2, 0.25) is 0 Å². The van der Waals surface area contributed by atoms with Gasteiger partial charge in [0, 0.05) is 7.05 Å². The Morgan fingerprint density at radius 2 is 2.17 bits per heavy atom. The summed E-state index contributed by atoms with van der Waals surface area (Å²) in [6.45, 7) is 0. The Kier molecular flexibility index (Phi) is 1.45. The first-order chi connectivity index (χ1) is 5.61. The predicted molar refractivity (Wildman–Crippen MR) is 53.8 cm³/mol. The zero-order valence-corrected chi connectivity index (χ0v) is 7.80. The monoisotopic (exact) mass is 181 g/mol. The van der Waals surface area contributed by atoms with E-state index in [1.54, 1.807) is 4.31 Å². The molecule has 1 atom stereocenters. The lowest BCUT2D eigenvalue weighted by atomic mass is 10.2. The highest BCUT2D eigenvalue weighted by Crippen LogP contribution is 2.31. The molecule has 0 N–H and O–H groups in total. The van der Waals surface area contributed by atoms with Crippen molar-refractivity contribution in [2.75, 3.05) is 11.4 Å². The largest absolute Gasteiger partial charge is 0.302 e. The van der Waals surface area contributed by atoms with Crippen molar-refractivity contribution in [1.29, 1.82) is 0 Å². The van der Waals surface area contributed by atoms with Crippen LogP contribution in [0.1, 0.15) is 5.56 Å². The zero-order chi connectivity index (χ0) is 8.77. The summed E-state index contributed by atoms with van der Waals surface area (Å²) in [5.74, 6) is 4.30. The molecule has 0 aromatic heterocycles. The van der Waals surface area contributed by atoms with Gasteiger partial charge in [-0.3, -0.25) is 0 Å². The number of anilines is 1. The first-order valence-electron chi connectivity index (χ1n) is 3.78. The van der Waals surface area contributed by atoms with E-state index in [1.807, 2.05) is 31.3 Å². The summed E-state index contributed by atoms with van der Waals surface area (Å²) in [4.78, 5) is 0. The average Bonchev–Trinajstić information content (AvgIpc) is 2.24. The van der Waals surface area contributed by atoms with Crippen LogP contribution in [-0.2, 0) is 15.5 Å². The van der Waals surface area contributed by atoms with Gasteiger partial charge >= 0.3 is 0 Å². The van der Waals surface area contributed by atoms with Crippen LogP contribution in [0.5, 0.6) is 0 Å². The van der Waals surface area contributed by atoms with E-state index >= 15 is 0 Å². The average molecular weight is 181 g/mol. The lowest BCUT2D eigenvalue weighted by molar-refractivity contribution is 0.681. The molecule has 1 unspecified atom stereocenters. The van der Waals surface area contributed by atoms with E-state index in [1.165, 1.54) is 0 Å². The fraction of sp³-hybridized carbons (Fsp3) is 0.222. The van der Waals surface area contributed by atoms with E-state index in [9.17, 15) is 4.21 Å². The summed E-state index contributed by atoms with van der Waals surface area (Å²) < 4.78 is 13.6. The first-order valence-corrected chi connectivity index (χ1v) is 5.63. The van der Waals surface area contributed by atoms with Crippen molar-refractivity contribution in [1.82, 2.24) is 0 Å². The summed E-state index contributed by atoms with van der Waals surface area (Å²) in [6, 6.07) is 7.90. The molecule has 0 bridgehead atoms. The summed E-state index contributed by atoms with van der Waals surface area (Å²) in [5.41, 5.74) is 2.19. The van der Waals surface area contributed by atoms with Gasteiger partial charge in [0.1, 0.15) is 0 Å². The first kappa shape index (κ1) is 7.68. The highest BCUT2D eigenvalue weighted by molar-refractivity contribution is 8.01. The summed E-state index contributed by atoms with van der Waals surface area (Å²) in [6.07, 6.45) is 0. The molecule has 3 heteroatoms. The summed E-state index contributed by atoms with van der Waals surface area (Å²) >= 11 is 0. The van der Waals surface area contributed by atoms with Crippen LogP contribution in [0, 0.1) is 0 Å². The van der Waals surface area contributed by atoms with Crippen molar-refractivity contribution in [3.63, 3.8) is 0 Å². The lowest BCUT2D eigenvalue weighted by Gasteiger charge is -2.14. The minimum atomic E-state index is -2.05. The molecule has 0 radical (unpaired) electrons. The molecule has 0 fully saturated rings. The van der Waals surface area contributed by atoms with Gasteiger partial charge in [-0.2, -0.15) is 0 Å². The molecule has 1 aliphatic rings. The molecule has 1 aliphatic heterocycles. The van der Waals surface area contributed by atoms with Crippen LogP contribution in [0.3, 0.4) is 0 Å². The minimum absolute atomic E-state index is 0.583. The van der Waals surface area contributed by atoms with E-state index < -0.39 is 9.71 Å². The number of rotatable bonds is 0. The fourth-order valence-electron chi connectivity index (χ4n) is 1.46. The van der Waals surface area contributed by atoms with Crippen LogP contribution < -0.4 is 4.31 Å². The van der Waals surface area contributed by atoms with Gasteiger partial charge in [0.15, 0.2) is 0 Å². The predicted octanol–water partition coefficient (Wildman–Crippen LogP) is 1.27. The van der Waals surface area contributed by atoms with Gasteiger partial charge in [-0.15, -0.1) is 0 Å². The Bertz CT molecular complexity index is 408. The highest BCUT2D eigenvalue weighted by Gasteiger charge is 2.23. The van der Waals surface area contributed by atoms with Gasteiger partial charge in [0.05, 0.1) is 21.1 Å². The topological polar surface area (TPSA) is 20.3 Å². The quantitative estimate of drug-likeness (QED) is 0.552. The molecule has 12 heavy (non-hydrogen) atoms. The maximum atomic E-state index is 11.8. The second kappa shape index (κ2) is 2.26. The van der Waals surface area contributed by atoms with Crippen molar-refractivity contribution in [2.45, 2.75) is 5.75 Å². The normalized spacial score (nSPS) is 27.2. The Morgan fingerprint density at radius 3 is 2.83 bits per heavy atom. The number of para-hydroxylation sites is 1. The molecule has 1 aromatic carbocycles. The van der Waals surface area contributed by atoms with E-state index in [4.69, 9.17) is 0 Å². The Labute approximate surface area is 73.0 Å². The molecular weight excluding hydrogens is 170 g/mol. The molecule has 0 amide bonds. The standard InChI is InChI=1S/C9H11NOS/c1-10-9-6-4-3-5-8(9)7-12(10,2)11/h3-6H,2,7H2,1H3. The van der Waals surface area contributed by atoms with Gasteiger partial charge in [-0.05, 0) is 17.5 Å². The SMILES string of the molecule is C=S1(=O)Cc2ccccc2N1C. The molecule has 2 nitrogen and oxygen atoms in total. The van der Waals surface area contributed by atoms with Crippen LogP contribution in [-0.4, -0.2) is 17.1 Å². The Hall–Kier alpha value is -0.960. The second-order valence-corrected chi connectivity index (χ2v) is 5.42. The van der Waals surface area contributed by atoms with Crippen molar-refractivity contribution in [3.8, 4) is 0 Å². The smallest absolute Gasteiger partial charge is 0.0609 e. The number of hydrogen-bond acceptors (Lipinski definition) is 1. The third-order valence-corrected chi connectivity index (χ3v) is 4.17. The van der Waals surface area contributed by atoms with E-state index in [-0.39, 0.29) is 0 Å². The van der Waals surface area contributed by atoms with Gasteiger partial charge < -0.3 is 4.31 Å². The van der Waals surface area contributed by atoms with Crippen LogP contribution in [0.4, 0.5) is 5.69 Å². The minimum Gasteiger partial charge on any atom is -0.302 e. The number of hydrogen-bond donors (Lipinski definition) is 0. The van der Waals surface area contributed by atoms with Crippen LogP contribution in [0.15, 0.2) is 24.3 Å². The highest BCUT2D eigenvalue weighted by atomic mass is 32.2. The van der Waals surface area contributed by atoms with Crippen LogP contribution >= 0.6 is 0 Å². The Morgan fingerprint density at radius 1 is 1.50 bits per heavy atom. The maximum absolute atomic E-state index is 11.8. The number of nitrogens with zero attached hydrogens (tertiary/aromatic N) is 1. The van der Waals surface area contributed by atoms with Crippen LogP contribution in [0.25, 0.3) is 0 Å². The summed E-state index contributed by atoms with van der Waals surface area (Å²) in [5, 5.41) is 0. The van der Waals surface area contributed by atoms with E-state index in [2.05, 4.69) is 5.87 Å². The van der Waals surface area contributed by atoms with Gasteiger partial charge in [-0.1, -0.05) is 18.2 Å². The van der Waals surface area contributed by atoms with Gasteiger partial charge in [-0.25, -0.2) is 4.21 Å². The number of benzene rings is 1. The molecule has 1 heterocycles. The van der Waals surface area contributed by atoms with Gasteiger partial charge in [0.25, 0.3) is 0 Å². The lowest BCUT2D eigenvalue weighted by Crippen LogP contribution is -2.20. The van der Waals surface area contributed by atoms with Crippen molar-refractivity contribution >= 4 is 21.3 Å². The zero-order valence-electron chi connectivity index (χ0n) is 6.99. The van der Waals surface area contributed by atoms with Crippen molar-refractivity contribution in [2.24, 2.45) is 0 Å². The molecule has 0 saturated heterocycles. The molecule has 64 valence electrons. The molecule has 2 rings (SSSR count). The summed E-state index contributed by atoms with van der Waals surface area (Å²) in [7, 11) is -0.216. The maximum Gasteiger partial charge on any atom is 0.0609 e. The third kappa shape index (κ3) is 0.932. The molecule has 0 saturated carbocycles. The fourth-order valence-corrected chi connectivity index (χ4v) is 2.92. The Balaban J connectivity index is 2.64. The van der Waals surface area contributed by atoms with Crippen LogP contribution in [0.2, 0.25) is 0 Å². The number of fused-ring (bicyclic) bond motifs is 1. The third-order valence-electron chi connectivity index (χ3n) is 2.21. The molecule has 0 spiro atoms. The van der Waals surface area contributed by atoms with E-state index in [0.717, 1.165) is 11.3 Å². The van der Waals surface area contributed by atoms with E-state index in [0.29, 0.717) is 5.75 Å². The second-order valence-electron chi connectivity index (χ2n) is 3.04. The van der Waals surface area contributed by atoms with Crippen molar-refractivity contribution in [3.05, 3.63) is 29.8 Å². The van der Waals surface area contributed by atoms with Crippen molar-refractivity contribution < 1.29 is 4.21 Å². The molecule has 0 aliphatic carbocycles. The molecular formula is C9H11NOS. The molecule has 1 aromatic rings.